The molecule has 11 heteroatoms. The van der Waals surface area contributed by atoms with Crippen LogP contribution in [0.25, 0.3) is 12.2 Å². The molecule has 0 radical (unpaired) electrons. The molecule has 1 aliphatic heterocycles. The van der Waals surface area contributed by atoms with Crippen molar-refractivity contribution in [3.63, 3.8) is 0 Å². The van der Waals surface area contributed by atoms with Gasteiger partial charge in [0.25, 0.3) is 5.91 Å². The van der Waals surface area contributed by atoms with Crippen LogP contribution in [-0.2, 0) is 0 Å². The Kier molecular flexibility index (Phi) is 11.6. The molecular weight excluding hydrogens is 628 g/mol. The zero-order chi connectivity index (χ0) is 34.8. The number of unbranched alkanes of at least 4 members (excludes halogenated alkanes) is 1. The van der Waals surface area contributed by atoms with E-state index in [9.17, 15) is 4.79 Å². The minimum atomic E-state index is -0.422. The number of hydrogen-bond donors (Lipinski definition) is 2. The van der Waals surface area contributed by atoms with Crippen LogP contribution in [0.2, 0.25) is 0 Å². The second-order valence-corrected chi connectivity index (χ2v) is 11.0. The molecule has 0 bridgehead atoms. The fraction of sp³-hybridized carbons (Fsp3) is 0.289. The van der Waals surface area contributed by atoms with E-state index >= 15 is 0 Å². The minimum absolute atomic E-state index is 0.185. The molecule has 0 saturated heterocycles. The number of amides is 1. The standard InChI is InChI=1S/C38H42N2O9/c1-42-27-13-14-29-28(23-27)38(41)40-37(39-29)26-12-16-31(32(22-26)44-3)48-17-7-8-18-49-33-19-24(11-15-30(33)43-2)9-10-25-20-34(45-4)36(47-6)35(21-25)46-5/h9-16,19-23,37,39H,7-8,17-18H2,1-6H3,(H,40,41). The van der Waals surface area contributed by atoms with Crippen LogP contribution in [0.5, 0.6) is 46.0 Å². The van der Waals surface area contributed by atoms with Crippen LogP contribution < -0.4 is 48.5 Å². The molecule has 0 spiro atoms. The quantitative estimate of drug-likeness (QED) is 0.0954. The van der Waals surface area contributed by atoms with Gasteiger partial charge in [0.15, 0.2) is 34.5 Å². The molecular formula is C38H42N2O9. The maximum atomic E-state index is 12.8. The van der Waals surface area contributed by atoms with Gasteiger partial charge in [-0.15, -0.1) is 0 Å². The van der Waals surface area contributed by atoms with Gasteiger partial charge in [-0.2, -0.15) is 0 Å². The largest absolute Gasteiger partial charge is 0.497 e. The summed E-state index contributed by atoms with van der Waals surface area (Å²) in [6, 6.07) is 20.5. The molecule has 4 aromatic rings. The van der Waals surface area contributed by atoms with Crippen molar-refractivity contribution >= 4 is 23.7 Å². The first-order valence-electron chi connectivity index (χ1n) is 15.8. The van der Waals surface area contributed by atoms with Gasteiger partial charge in [-0.1, -0.05) is 24.3 Å². The van der Waals surface area contributed by atoms with Crippen LogP contribution in [0.1, 0.15) is 46.1 Å². The summed E-state index contributed by atoms with van der Waals surface area (Å²) in [6.45, 7) is 0.956. The van der Waals surface area contributed by atoms with Gasteiger partial charge in [0.2, 0.25) is 5.75 Å². The Morgan fingerprint density at radius 2 is 1.20 bits per heavy atom. The maximum Gasteiger partial charge on any atom is 0.255 e. The molecule has 49 heavy (non-hydrogen) atoms. The van der Waals surface area contributed by atoms with Gasteiger partial charge in [-0.05, 0) is 84.1 Å². The van der Waals surface area contributed by atoms with Crippen LogP contribution in [0.4, 0.5) is 5.69 Å². The summed E-state index contributed by atoms with van der Waals surface area (Å²) in [6.07, 6.45) is 5.04. The van der Waals surface area contributed by atoms with E-state index < -0.39 is 6.17 Å². The molecule has 0 aliphatic carbocycles. The Morgan fingerprint density at radius 1 is 0.571 bits per heavy atom. The number of nitrogens with one attached hydrogen (secondary N) is 2. The summed E-state index contributed by atoms with van der Waals surface area (Å²) in [4.78, 5) is 12.8. The SMILES string of the molecule is COc1ccc2c(c1)C(=O)NC(c1ccc(OCCCCOc3cc(C=Cc4cc(OC)c(OC)c(OC)c4)ccc3OC)c(OC)c1)N2. The lowest BCUT2D eigenvalue weighted by atomic mass is 10.0. The van der Waals surface area contributed by atoms with E-state index in [-0.39, 0.29) is 5.91 Å². The number of fused-ring (bicyclic) bond motifs is 1. The number of benzene rings is 4. The van der Waals surface area contributed by atoms with E-state index in [0.29, 0.717) is 64.8 Å². The van der Waals surface area contributed by atoms with Crippen LogP contribution in [0.15, 0.2) is 66.7 Å². The topological polar surface area (TPSA) is 115 Å². The van der Waals surface area contributed by atoms with Crippen molar-refractivity contribution in [1.82, 2.24) is 5.32 Å². The fourth-order valence-electron chi connectivity index (χ4n) is 5.38. The number of ether oxygens (including phenoxy) is 8. The number of carbonyl (C=O) groups is 1. The highest BCUT2D eigenvalue weighted by Gasteiger charge is 2.26. The predicted molar refractivity (Wildman–Crippen MR) is 188 cm³/mol. The van der Waals surface area contributed by atoms with Crippen molar-refractivity contribution in [2.24, 2.45) is 0 Å². The summed E-state index contributed by atoms with van der Waals surface area (Å²) in [7, 11) is 9.54. The molecule has 258 valence electrons. The van der Waals surface area contributed by atoms with Crippen LogP contribution in [0.3, 0.4) is 0 Å². The third kappa shape index (κ3) is 8.24. The molecule has 0 aromatic heterocycles. The molecule has 4 aromatic carbocycles. The Bertz CT molecular complexity index is 1760. The number of anilines is 1. The second-order valence-electron chi connectivity index (χ2n) is 11.0. The monoisotopic (exact) mass is 670 g/mol. The number of rotatable bonds is 16. The summed E-state index contributed by atoms with van der Waals surface area (Å²) in [5, 5.41) is 6.35. The molecule has 2 N–H and O–H groups in total. The van der Waals surface area contributed by atoms with Crippen molar-refractivity contribution in [3.8, 4) is 46.0 Å². The highest BCUT2D eigenvalue weighted by molar-refractivity contribution is 6.02. The summed E-state index contributed by atoms with van der Waals surface area (Å²) in [5.41, 5.74) is 3.93. The average molecular weight is 671 g/mol. The van der Waals surface area contributed by atoms with Crippen LogP contribution >= 0.6 is 0 Å². The van der Waals surface area contributed by atoms with Crippen molar-refractivity contribution in [1.29, 1.82) is 0 Å². The normalized spacial score (nSPS) is 13.5. The molecule has 1 heterocycles. The molecule has 11 nitrogen and oxygen atoms in total. The van der Waals surface area contributed by atoms with Crippen molar-refractivity contribution in [2.45, 2.75) is 19.0 Å². The first-order valence-corrected chi connectivity index (χ1v) is 15.8. The Morgan fingerprint density at radius 3 is 1.86 bits per heavy atom. The first-order chi connectivity index (χ1) is 23.9. The molecule has 1 atom stereocenters. The molecule has 0 saturated carbocycles. The van der Waals surface area contributed by atoms with E-state index in [0.717, 1.165) is 35.2 Å². The minimum Gasteiger partial charge on any atom is -0.497 e. The lowest BCUT2D eigenvalue weighted by Gasteiger charge is -2.28. The lowest BCUT2D eigenvalue weighted by molar-refractivity contribution is 0.0935. The summed E-state index contributed by atoms with van der Waals surface area (Å²) in [5.74, 6) is 4.64. The van der Waals surface area contributed by atoms with Crippen LogP contribution in [-0.4, -0.2) is 61.8 Å². The van der Waals surface area contributed by atoms with E-state index in [1.54, 1.807) is 48.7 Å². The van der Waals surface area contributed by atoms with E-state index in [1.807, 2.05) is 72.8 Å². The van der Waals surface area contributed by atoms with Gasteiger partial charge in [-0.3, -0.25) is 4.79 Å². The zero-order valence-corrected chi connectivity index (χ0v) is 28.6. The van der Waals surface area contributed by atoms with Gasteiger partial charge in [0, 0.05) is 5.69 Å². The molecule has 0 fully saturated rings. The van der Waals surface area contributed by atoms with Crippen LogP contribution in [0, 0.1) is 0 Å². The fourth-order valence-corrected chi connectivity index (χ4v) is 5.38. The van der Waals surface area contributed by atoms with Gasteiger partial charge in [0.05, 0.1) is 61.4 Å². The third-order valence-corrected chi connectivity index (χ3v) is 7.96. The third-order valence-electron chi connectivity index (χ3n) is 7.96. The second kappa shape index (κ2) is 16.4. The molecule has 1 unspecified atom stereocenters. The summed E-state index contributed by atoms with van der Waals surface area (Å²) >= 11 is 0. The van der Waals surface area contributed by atoms with Gasteiger partial charge in [0.1, 0.15) is 11.9 Å². The van der Waals surface area contributed by atoms with Gasteiger partial charge < -0.3 is 48.5 Å². The Balaban J connectivity index is 1.14. The van der Waals surface area contributed by atoms with Gasteiger partial charge >= 0.3 is 0 Å². The van der Waals surface area contributed by atoms with E-state index in [4.69, 9.17) is 37.9 Å². The summed E-state index contributed by atoms with van der Waals surface area (Å²) < 4.78 is 44.9. The average Bonchev–Trinajstić information content (AvgIpc) is 3.14. The highest BCUT2D eigenvalue weighted by Crippen LogP contribution is 2.39. The van der Waals surface area contributed by atoms with Crippen molar-refractivity contribution < 1.29 is 42.7 Å². The van der Waals surface area contributed by atoms with E-state index in [1.165, 1.54) is 0 Å². The molecule has 1 amide bonds. The predicted octanol–water partition coefficient (Wildman–Crippen LogP) is 7.00. The van der Waals surface area contributed by atoms with Crippen molar-refractivity contribution in [2.75, 3.05) is 61.2 Å². The zero-order valence-electron chi connectivity index (χ0n) is 28.6. The van der Waals surface area contributed by atoms with Crippen molar-refractivity contribution in [3.05, 3.63) is 89.0 Å². The number of hydrogen-bond acceptors (Lipinski definition) is 10. The lowest BCUT2D eigenvalue weighted by Crippen LogP contribution is -2.38. The maximum absolute atomic E-state index is 12.8. The van der Waals surface area contributed by atoms with Gasteiger partial charge in [-0.25, -0.2) is 0 Å². The number of carbonyl (C=O) groups excluding carboxylic acids is 1. The molecule has 5 rings (SSSR count). The first kappa shape index (κ1) is 34.6. The Labute approximate surface area is 286 Å². The molecule has 1 aliphatic rings. The smallest absolute Gasteiger partial charge is 0.255 e. The van der Waals surface area contributed by atoms with E-state index in [2.05, 4.69) is 10.6 Å². The Hall–Kier alpha value is -5.71. The number of methoxy groups -OCH3 is 6. The highest BCUT2D eigenvalue weighted by atomic mass is 16.5.